The van der Waals surface area contributed by atoms with Crippen molar-refractivity contribution in [2.45, 2.75) is 56.7 Å². The van der Waals surface area contributed by atoms with Gasteiger partial charge in [0.1, 0.15) is 0 Å². The Hall–Kier alpha value is -0.160. The fraction of sp³-hybridized carbons (Fsp3) is 1.00. The molecule has 0 spiro atoms. The molecule has 1 aliphatic heterocycles. The van der Waals surface area contributed by atoms with Crippen molar-refractivity contribution >= 4 is 0 Å². The zero-order valence-electron chi connectivity index (χ0n) is 11.6. The maximum Gasteiger partial charge on any atom is 0.0776 e. The summed E-state index contributed by atoms with van der Waals surface area (Å²) in [5.41, 5.74) is 4.54. The highest BCUT2D eigenvalue weighted by molar-refractivity contribution is 4.93. The molecule has 0 radical (unpaired) electrons. The summed E-state index contributed by atoms with van der Waals surface area (Å²) in [4.78, 5) is 2.37. The van der Waals surface area contributed by atoms with Crippen LogP contribution in [0.1, 0.15) is 45.4 Å². The fourth-order valence-corrected chi connectivity index (χ4v) is 3.21. The van der Waals surface area contributed by atoms with E-state index in [1.165, 1.54) is 0 Å². The summed E-state index contributed by atoms with van der Waals surface area (Å²) in [7, 11) is 0. The zero-order chi connectivity index (χ0) is 13.2. The normalized spacial score (nSPS) is 40.0. The van der Waals surface area contributed by atoms with Crippen LogP contribution < -0.4 is 5.73 Å². The maximum atomic E-state index is 10.6. The lowest BCUT2D eigenvalue weighted by atomic mass is 9.76. The van der Waals surface area contributed by atoms with Crippen molar-refractivity contribution in [3.8, 4) is 0 Å². The van der Waals surface area contributed by atoms with Crippen molar-refractivity contribution in [3.63, 3.8) is 0 Å². The molecule has 1 saturated heterocycles. The van der Waals surface area contributed by atoms with Crippen LogP contribution in [0.4, 0.5) is 0 Å². The third kappa shape index (κ3) is 3.67. The van der Waals surface area contributed by atoms with E-state index in [2.05, 4.69) is 4.90 Å². The summed E-state index contributed by atoms with van der Waals surface area (Å²) >= 11 is 0. The molecule has 0 bridgehead atoms. The van der Waals surface area contributed by atoms with Gasteiger partial charge in [0.05, 0.1) is 11.2 Å². The van der Waals surface area contributed by atoms with E-state index in [1.54, 1.807) is 0 Å². The first-order valence-corrected chi connectivity index (χ1v) is 7.30. The van der Waals surface area contributed by atoms with Crippen LogP contribution >= 0.6 is 0 Å². The lowest BCUT2D eigenvalue weighted by Crippen LogP contribution is -2.50. The largest absolute Gasteiger partial charge is 0.390 e. The van der Waals surface area contributed by atoms with E-state index in [1.807, 2.05) is 6.92 Å². The molecule has 4 heteroatoms. The van der Waals surface area contributed by atoms with Gasteiger partial charge in [-0.3, -0.25) is 0 Å². The third-order valence-corrected chi connectivity index (χ3v) is 4.82. The highest BCUT2D eigenvalue weighted by Crippen LogP contribution is 2.35. The molecule has 0 aromatic rings. The minimum atomic E-state index is -0.586. The lowest BCUT2D eigenvalue weighted by Gasteiger charge is -2.43. The van der Waals surface area contributed by atoms with Crippen LogP contribution in [0, 0.1) is 5.92 Å². The number of hydrogen-bond donors (Lipinski definition) is 3. The van der Waals surface area contributed by atoms with Crippen molar-refractivity contribution in [1.29, 1.82) is 0 Å². The maximum absolute atomic E-state index is 10.6. The first-order valence-electron chi connectivity index (χ1n) is 7.30. The van der Waals surface area contributed by atoms with Crippen molar-refractivity contribution < 1.29 is 10.2 Å². The SMILES string of the molecule is C[C@]1(O)CC[C@](O)(CN2CCC(CN)CC2)CC1. The Labute approximate surface area is 110 Å². The molecule has 0 atom stereocenters. The summed E-state index contributed by atoms with van der Waals surface area (Å²) in [5.74, 6) is 0.669. The highest BCUT2D eigenvalue weighted by Gasteiger charge is 2.39. The van der Waals surface area contributed by atoms with Crippen LogP contribution in [0.2, 0.25) is 0 Å². The molecular weight excluding hydrogens is 228 g/mol. The average molecular weight is 256 g/mol. The smallest absolute Gasteiger partial charge is 0.0776 e. The molecule has 18 heavy (non-hydrogen) atoms. The van der Waals surface area contributed by atoms with Crippen LogP contribution in [0.5, 0.6) is 0 Å². The Morgan fingerprint density at radius 2 is 1.67 bits per heavy atom. The van der Waals surface area contributed by atoms with Gasteiger partial charge in [0.25, 0.3) is 0 Å². The zero-order valence-corrected chi connectivity index (χ0v) is 11.6. The van der Waals surface area contributed by atoms with Gasteiger partial charge < -0.3 is 20.8 Å². The third-order valence-electron chi connectivity index (χ3n) is 4.82. The van der Waals surface area contributed by atoms with Gasteiger partial charge in [-0.25, -0.2) is 0 Å². The van der Waals surface area contributed by atoms with Crippen LogP contribution in [-0.2, 0) is 0 Å². The van der Waals surface area contributed by atoms with Gasteiger partial charge in [0.15, 0.2) is 0 Å². The minimum absolute atomic E-state index is 0.571. The predicted molar refractivity (Wildman–Crippen MR) is 72.3 cm³/mol. The molecule has 2 fully saturated rings. The Balaban J connectivity index is 1.79. The van der Waals surface area contributed by atoms with E-state index in [4.69, 9.17) is 5.73 Å². The van der Waals surface area contributed by atoms with Gasteiger partial charge in [-0.05, 0) is 71.0 Å². The molecule has 0 amide bonds. The second kappa shape index (κ2) is 5.45. The number of hydrogen-bond acceptors (Lipinski definition) is 4. The topological polar surface area (TPSA) is 69.7 Å². The van der Waals surface area contributed by atoms with E-state index < -0.39 is 11.2 Å². The Morgan fingerprint density at radius 3 is 2.17 bits per heavy atom. The number of likely N-dealkylation sites (tertiary alicyclic amines) is 1. The lowest BCUT2D eigenvalue weighted by molar-refractivity contribution is -0.0877. The van der Waals surface area contributed by atoms with Crippen LogP contribution in [-0.4, -0.2) is 52.5 Å². The summed E-state index contributed by atoms with van der Waals surface area (Å²) in [6.45, 7) is 5.54. The number of nitrogens with two attached hydrogens (primary N) is 1. The molecule has 2 rings (SSSR count). The Bertz CT molecular complexity index is 263. The number of rotatable bonds is 3. The van der Waals surface area contributed by atoms with Crippen molar-refractivity contribution in [2.24, 2.45) is 11.7 Å². The summed E-state index contributed by atoms with van der Waals surface area (Å²) in [6.07, 6.45) is 5.17. The van der Waals surface area contributed by atoms with Gasteiger partial charge in [-0.15, -0.1) is 0 Å². The van der Waals surface area contributed by atoms with E-state index in [0.717, 1.165) is 51.9 Å². The highest BCUT2D eigenvalue weighted by atomic mass is 16.3. The van der Waals surface area contributed by atoms with E-state index >= 15 is 0 Å². The van der Waals surface area contributed by atoms with Gasteiger partial charge in [0.2, 0.25) is 0 Å². The molecule has 4 N–H and O–H groups in total. The Kier molecular flexibility index (Phi) is 4.32. The first-order chi connectivity index (χ1) is 8.42. The van der Waals surface area contributed by atoms with E-state index in [0.29, 0.717) is 18.8 Å². The second-order valence-corrected chi connectivity index (χ2v) is 6.68. The van der Waals surface area contributed by atoms with Crippen LogP contribution in [0.3, 0.4) is 0 Å². The van der Waals surface area contributed by atoms with Gasteiger partial charge in [-0.2, -0.15) is 0 Å². The van der Waals surface area contributed by atoms with E-state index in [-0.39, 0.29) is 0 Å². The van der Waals surface area contributed by atoms with Gasteiger partial charge in [0, 0.05) is 6.54 Å². The fourth-order valence-electron chi connectivity index (χ4n) is 3.21. The summed E-state index contributed by atoms with van der Waals surface area (Å²) in [5, 5.41) is 20.5. The minimum Gasteiger partial charge on any atom is -0.390 e. The van der Waals surface area contributed by atoms with E-state index in [9.17, 15) is 10.2 Å². The number of piperidine rings is 1. The molecule has 2 aliphatic rings. The molecule has 0 aromatic carbocycles. The summed E-state index contributed by atoms with van der Waals surface area (Å²) in [6, 6.07) is 0. The van der Waals surface area contributed by atoms with Crippen molar-refractivity contribution in [3.05, 3.63) is 0 Å². The predicted octanol–water partition coefficient (Wildman–Crippen LogP) is 0.713. The summed E-state index contributed by atoms with van der Waals surface area (Å²) < 4.78 is 0. The van der Waals surface area contributed by atoms with Gasteiger partial charge in [-0.1, -0.05) is 0 Å². The molecule has 1 heterocycles. The quantitative estimate of drug-likeness (QED) is 0.696. The Morgan fingerprint density at radius 1 is 1.11 bits per heavy atom. The van der Waals surface area contributed by atoms with Crippen LogP contribution in [0.15, 0.2) is 0 Å². The molecule has 0 unspecified atom stereocenters. The number of β-amino-alcohol motifs (C(OH)–C–C–N with tert-alkyl or cyclic N) is 1. The van der Waals surface area contributed by atoms with Crippen molar-refractivity contribution in [2.75, 3.05) is 26.2 Å². The number of aliphatic hydroxyl groups is 2. The molecule has 1 saturated carbocycles. The molecule has 1 aliphatic carbocycles. The standard InChI is InChI=1S/C14H28N2O2/c1-13(17)4-6-14(18,7-5-13)11-16-8-2-12(10-15)3-9-16/h12,17-18H,2-11,15H2,1H3/t13-,14+. The molecule has 106 valence electrons. The van der Waals surface area contributed by atoms with Crippen LogP contribution in [0.25, 0.3) is 0 Å². The number of nitrogens with zero attached hydrogens (tertiary/aromatic N) is 1. The van der Waals surface area contributed by atoms with Crippen molar-refractivity contribution in [1.82, 2.24) is 4.90 Å². The second-order valence-electron chi connectivity index (χ2n) is 6.68. The molecule has 4 nitrogen and oxygen atoms in total. The first kappa shape index (κ1) is 14.3. The molecule has 0 aromatic heterocycles. The average Bonchev–Trinajstić information content (AvgIpc) is 2.35. The van der Waals surface area contributed by atoms with Gasteiger partial charge >= 0.3 is 0 Å². The monoisotopic (exact) mass is 256 g/mol. The molecular formula is C14H28N2O2.